The molecule has 19 heavy (non-hydrogen) atoms. The van der Waals surface area contributed by atoms with Crippen LogP contribution in [0.2, 0.25) is 5.02 Å². The van der Waals surface area contributed by atoms with E-state index >= 15 is 0 Å². The highest BCUT2D eigenvalue weighted by atomic mass is 35.5. The standard InChI is InChI=1S/C13H14ClNO4/c14-10-4-3-5-11(15(18)19)9(10)8-13(12(16)17)6-1-2-7-13/h3-5H,1-2,6-8H2,(H,16,17). The lowest BCUT2D eigenvalue weighted by Crippen LogP contribution is -2.30. The Morgan fingerprint density at radius 1 is 1.42 bits per heavy atom. The number of nitrogens with zero attached hydrogens (tertiary/aromatic N) is 1. The first kappa shape index (κ1) is 13.8. The molecular formula is C13H14ClNO4. The summed E-state index contributed by atoms with van der Waals surface area (Å²) < 4.78 is 0. The second-order valence-corrected chi connectivity index (χ2v) is 5.37. The molecule has 1 N–H and O–H groups in total. The maximum absolute atomic E-state index is 11.5. The molecule has 102 valence electrons. The van der Waals surface area contributed by atoms with Crippen LogP contribution >= 0.6 is 11.6 Å². The zero-order chi connectivity index (χ0) is 14.0. The summed E-state index contributed by atoms with van der Waals surface area (Å²) in [5.41, 5.74) is -0.672. The lowest BCUT2D eigenvalue weighted by molar-refractivity contribution is -0.385. The lowest BCUT2D eigenvalue weighted by atomic mass is 9.79. The third kappa shape index (κ3) is 2.56. The molecular weight excluding hydrogens is 270 g/mol. The molecule has 1 aliphatic carbocycles. The van der Waals surface area contributed by atoms with Crippen LogP contribution in [0.15, 0.2) is 18.2 Å². The third-order valence-corrected chi connectivity index (χ3v) is 4.17. The van der Waals surface area contributed by atoms with Crippen LogP contribution in [0.25, 0.3) is 0 Å². The van der Waals surface area contributed by atoms with Crippen molar-refractivity contribution in [3.8, 4) is 0 Å². The van der Waals surface area contributed by atoms with Crippen LogP contribution in [-0.4, -0.2) is 16.0 Å². The molecule has 1 aromatic rings. The monoisotopic (exact) mass is 283 g/mol. The van der Waals surface area contributed by atoms with Gasteiger partial charge in [-0.2, -0.15) is 0 Å². The van der Waals surface area contributed by atoms with Gasteiger partial charge in [0.15, 0.2) is 0 Å². The van der Waals surface area contributed by atoms with Gasteiger partial charge in [0.2, 0.25) is 0 Å². The Hall–Kier alpha value is -1.62. The van der Waals surface area contributed by atoms with E-state index in [9.17, 15) is 20.0 Å². The van der Waals surface area contributed by atoms with E-state index in [1.165, 1.54) is 12.1 Å². The van der Waals surface area contributed by atoms with Gasteiger partial charge < -0.3 is 5.11 Å². The van der Waals surface area contributed by atoms with E-state index in [1.807, 2.05) is 0 Å². The molecule has 1 aliphatic rings. The summed E-state index contributed by atoms with van der Waals surface area (Å²) in [6.45, 7) is 0. The van der Waals surface area contributed by atoms with Crippen molar-refractivity contribution in [2.45, 2.75) is 32.1 Å². The first-order valence-corrected chi connectivity index (χ1v) is 6.49. The summed E-state index contributed by atoms with van der Waals surface area (Å²) in [5, 5.41) is 20.7. The molecule has 0 heterocycles. The van der Waals surface area contributed by atoms with Crippen LogP contribution < -0.4 is 0 Å². The molecule has 0 unspecified atom stereocenters. The zero-order valence-electron chi connectivity index (χ0n) is 10.3. The Labute approximate surface area is 115 Å². The van der Waals surface area contributed by atoms with Crippen molar-refractivity contribution in [3.05, 3.63) is 38.9 Å². The highest BCUT2D eigenvalue weighted by Crippen LogP contribution is 2.44. The molecule has 0 atom stereocenters. The average Bonchev–Trinajstić information content (AvgIpc) is 2.81. The van der Waals surface area contributed by atoms with Gasteiger partial charge in [-0.25, -0.2) is 0 Å². The van der Waals surface area contributed by atoms with E-state index in [2.05, 4.69) is 0 Å². The van der Waals surface area contributed by atoms with Crippen molar-refractivity contribution in [1.82, 2.24) is 0 Å². The van der Waals surface area contributed by atoms with Gasteiger partial charge in [0, 0.05) is 11.6 Å². The first-order valence-electron chi connectivity index (χ1n) is 6.11. The number of hydrogen-bond acceptors (Lipinski definition) is 3. The van der Waals surface area contributed by atoms with Gasteiger partial charge >= 0.3 is 5.97 Å². The maximum atomic E-state index is 11.5. The topological polar surface area (TPSA) is 80.4 Å². The largest absolute Gasteiger partial charge is 0.481 e. The van der Waals surface area contributed by atoms with Crippen molar-refractivity contribution < 1.29 is 14.8 Å². The third-order valence-electron chi connectivity index (χ3n) is 3.82. The Morgan fingerprint density at radius 2 is 2.05 bits per heavy atom. The molecule has 0 radical (unpaired) electrons. The fraction of sp³-hybridized carbons (Fsp3) is 0.462. The summed E-state index contributed by atoms with van der Waals surface area (Å²) >= 11 is 6.02. The normalized spacial score (nSPS) is 17.3. The number of hydrogen-bond donors (Lipinski definition) is 1. The van der Waals surface area contributed by atoms with Crippen LogP contribution in [0.1, 0.15) is 31.2 Å². The van der Waals surface area contributed by atoms with E-state index in [1.54, 1.807) is 6.07 Å². The van der Waals surface area contributed by atoms with E-state index in [0.29, 0.717) is 18.4 Å². The van der Waals surface area contributed by atoms with Gasteiger partial charge in [0.05, 0.1) is 15.4 Å². The van der Waals surface area contributed by atoms with Crippen molar-refractivity contribution in [1.29, 1.82) is 0 Å². The smallest absolute Gasteiger partial charge is 0.309 e. The Bertz CT molecular complexity index is 523. The van der Waals surface area contributed by atoms with Gasteiger partial charge in [-0.1, -0.05) is 30.5 Å². The SMILES string of the molecule is O=C(O)C1(Cc2c(Cl)cccc2[N+](=O)[O-])CCCC1. The molecule has 1 fully saturated rings. The van der Waals surface area contributed by atoms with E-state index in [-0.39, 0.29) is 17.1 Å². The maximum Gasteiger partial charge on any atom is 0.309 e. The number of benzene rings is 1. The minimum Gasteiger partial charge on any atom is -0.481 e. The van der Waals surface area contributed by atoms with Gasteiger partial charge in [-0.15, -0.1) is 0 Å². The Kier molecular flexibility index (Phi) is 3.75. The second kappa shape index (κ2) is 5.17. The number of carboxylic acids is 1. The molecule has 0 spiro atoms. The number of carboxylic acid groups (broad SMARTS) is 1. The van der Waals surface area contributed by atoms with Crippen LogP contribution in [-0.2, 0) is 11.2 Å². The van der Waals surface area contributed by atoms with Crippen LogP contribution in [0.4, 0.5) is 5.69 Å². The van der Waals surface area contributed by atoms with Crippen molar-refractivity contribution in [2.24, 2.45) is 5.41 Å². The van der Waals surface area contributed by atoms with E-state index < -0.39 is 16.3 Å². The summed E-state index contributed by atoms with van der Waals surface area (Å²) in [6, 6.07) is 4.44. The quantitative estimate of drug-likeness (QED) is 0.678. The first-order chi connectivity index (χ1) is 8.96. The highest BCUT2D eigenvalue weighted by Gasteiger charge is 2.43. The van der Waals surface area contributed by atoms with Crippen LogP contribution in [0, 0.1) is 15.5 Å². The lowest BCUT2D eigenvalue weighted by Gasteiger charge is -2.24. The Balaban J connectivity index is 2.42. The van der Waals surface area contributed by atoms with Crippen LogP contribution in [0.3, 0.4) is 0 Å². The van der Waals surface area contributed by atoms with Gasteiger partial charge in [-0.3, -0.25) is 14.9 Å². The van der Waals surface area contributed by atoms with Gasteiger partial charge in [0.25, 0.3) is 5.69 Å². The molecule has 0 amide bonds. The van der Waals surface area contributed by atoms with Gasteiger partial charge in [-0.05, 0) is 25.3 Å². The molecule has 0 bridgehead atoms. The number of nitro groups is 1. The van der Waals surface area contributed by atoms with E-state index in [0.717, 1.165) is 12.8 Å². The average molecular weight is 284 g/mol. The predicted molar refractivity (Wildman–Crippen MR) is 70.3 cm³/mol. The minimum absolute atomic E-state index is 0.0972. The number of rotatable bonds is 4. The number of aliphatic carboxylic acids is 1. The van der Waals surface area contributed by atoms with Crippen molar-refractivity contribution in [2.75, 3.05) is 0 Å². The zero-order valence-corrected chi connectivity index (χ0v) is 11.0. The molecule has 2 rings (SSSR count). The fourth-order valence-electron chi connectivity index (χ4n) is 2.75. The molecule has 0 aromatic heterocycles. The molecule has 0 aliphatic heterocycles. The summed E-state index contributed by atoms with van der Waals surface area (Å²) in [4.78, 5) is 22.0. The Morgan fingerprint density at radius 3 is 2.58 bits per heavy atom. The van der Waals surface area contributed by atoms with Crippen LogP contribution in [0.5, 0.6) is 0 Å². The van der Waals surface area contributed by atoms with Crippen molar-refractivity contribution >= 4 is 23.3 Å². The highest BCUT2D eigenvalue weighted by molar-refractivity contribution is 6.31. The van der Waals surface area contributed by atoms with Gasteiger partial charge in [0.1, 0.15) is 0 Å². The van der Waals surface area contributed by atoms with Crippen molar-refractivity contribution in [3.63, 3.8) is 0 Å². The molecule has 0 saturated heterocycles. The summed E-state index contributed by atoms with van der Waals surface area (Å²) in [7, 11) is 0. The number of carbonyl (C=O) groups is 1. The fourth-order valence-corrected chi connectivity index (χ4v) is 2.99. The minimum atomic E-state index is -0.907. The molecule has 5 nitrogen and oxygen atoms in total. The second-order valence-electron chi connectivity index (χ2n) is 4.96. The predicted octanol–water partition coefficient (Wildman–Crippen LogP) is 3.44. The number of nitro benzene ring substituents is 1. The molecule has 6 heteroatoms. The molecule has 1 aromatic carbocycles. The summed E-state index contributed by atoms with van der Waals surface area (Å²) in [6.07, 6.45) is 2.89. The number of halogens is 1. The molecule has 1 saturated carbocycles. The van der Waals surface area contributed by atoms with E-state index in [4.69, 9.17) is 11.6 Å². The summed E-state index contributed by atoms with van der Waals surface area (Å²) in [5.74, 6) is -0.890.